The van der Waals surface area contributed by atoms with Gasteiger partial charge in [0.1, 0.15) is 11.2 Å². The van der Waals surface area contributed by atoms with E-state index in [0.717, 1.165) is 22.0 Å². The van der Waals surface area contributed by atoms with Gasteiger partial charge < -0.3 is 20.1 Å². The molecule has 0 radical (unpaired) electrons. The Morgan fingerprint density at radius 1 is 1.17 bits per heavy atom. The Morgan fingerprint density at radius 2 is 1.83 bits per heavy atom. The first-order valence-corrected chi connectivity index (χ1v) is 10.2. The fourth-order valence-electron chi connectivity index (χ4n) is 3.73. The summed E-state index contributed by atoms with van der Waals surface area (Å²) in [6.07, 6.45) is 0. The lowest BCUT2D eigenvalue weighted by Gasteiger charge is -2.42. The standard InChI is InChI=1S/C22H20Cl2N2O4/c1-11(21(28)29)13-3-5-14(6-4-13)22(9-30-10-22)26-20(27)19-12(2)17-16(25-19)8-7-15(23)18(17)24/h3-8,11,25H,9-10H2,1-2H3,(H,26,27)(H,28,29). The number of aliphatic carboxylic acids is 1. The average molecular weight is 447 g/mol. The van der Waals surface area contributed by atoms with E-state index in [1.54, 1.807) is 31.2 Å². The molecule has 8 heteroatoms. The number of rotatable bonds is 5. The van der Waals surface area contributed by atoms with Gasteiger partial charge in [-0.2, -0.15) is 0 Å². The van der Waals surface area contributed by atoms with E-state index in [2.05, 4.69) is 10.3 Å². The van der Waals surface area contributed by atoms with Gasteiger partial charge >= 0.3 is 5.97 Å². The van der Waals surface area contributed by atoms with Crippen LogP contribution in [0.5, 0.6) is 0 Å². The van der Waals surface area contributed by atoms with E-state index in [1.165, 1.54) is 0 Å². The van der Waals surface area contributed by atoms with Crippen molar-refractivity contribution >= 4 is 46.0 Å². The molecule has 0 saturated carbocycles. The second-order valence-corrected chi connectivity index (χ2v) is 8.41. The van der Waals surface area contributed by atoms with E-state index in [0.29, 0.717) is 34.5 Å². The number of carbonyl (C=O) groups excluding carboxylic acids is 1. The van der Waals surface area contributed by atoms with Crippen LogP contribution in [0, 0.1) is 6.92 Å². The quantitative estimate of drug-likeness (QED) is 0.532. The van der Waals surface area contributed by atoms with Crippen LogP contribution in [-0.2, 0) is 15.1 Å². The number of aromatic amines is 1. The van der Waals surface area contributed by atoms with Gasteiger partial charge in [0.25, 0.3) is 5.91 Å². The van der Waals surface area contributed by atoms with Crippen LogP contribution in [0.15, 0.2) is 36.4 Å². The van der Waals surface area contributed by atoms with Crippen LogP contribution in [0.25, 0.3) is 10.9 Å². The van der Waals surface area contributed by atoms with Gasteiger partial charge in [0.2, 0.25) is 0 Å². The summed E-state index contributed by atoms with van der Waals surface area (Å²) in [7, 11) is 0. The molecule has 0 bridgehead atoms. The smallest absolute Gasteiger partial charge is 0.310 e. The molecule has 1 unspecified atom stereocenters. The highest BCUT2D eigenvalue weighted by Gasteiger charge is 2.42. The van der Waals surface area contributed by atoms with Gasteiger partial charge in [-0.3, -0.25) is 9.59 Å². The summed E-state index contributed by atoms with van der Waals surface area (Å²) in [5.74, 6) is -1.76. The number of carboxylic acids is 1. The minimum atomic E-state index is -0.884. The Hall–Kier alpha value is -2.54. The third-order valence-corrected chi connectivity index (χ3v) is 6.52. The maximum absolute atomic E-state index is 13.1. The zero-order chi connectivity index (χ0) is 21.6. The van der Waals surface area contributed by atoms with Crippen molar-refractivity contribution in [3.05, 3.63) is 68.8 Å². The molecule has 1 fully saturated rings. The van der Waals surface area contributed by atoms with E-state index in [-0.39, 0.29) is 5.91 Å². The van der Waals surface area contributed by atoms with Gasteiger partial charge in [0, 0.05) is 10.9 Å². The Bertz CT molecular complexity index is 1150. The molecule has 2 aromatic carbocycles. The van der Waals surface area contributed by atoms with Gasteiger partial charge in [-0.05, 0) is 42.7 Å². The first-order valence-electron chi connectivity index (χ1n) is 9.43. The van der Waals surface area contributed by atoms with E-state index in [1.807, 2.05) is 19.1 Å². The van der Waals surface area contributed by atoms with E-state index in [4.69, 9.17) is 27.9 Å². The van der Waals surface area contributed by atoms with Gasteiger partial charge in [0.05, 0.1) is 29.2 Å². The molecule has 1 atom stereocenters. The van der Waals surface area contributed by atoms with Crippen molar-refractivity contribution in [1.29, 1.82) is 0 Å². The third-order valence-electron chi connectivity index (χ3n) is 5.71. The molecule has 1 amide bonds. The van der Waals surface area contributed by atoms with E-state index < -0.39 is 17.4 Å². The molecule has 0 aliphatic carbocycles. The van der Waals surface area contributed by atoms with E-state index in [9.17, 15) is 14.7 Å². The van der Waals surface area contributed by atoms with Crippen LogP contribution in [0.2, 0.25) is 10.0 Å². The number of hydrogen-bond donors (Lipinski definition) is 3. The number of halogens is 2. The molecule has 1 aliphatic heterocycles. The van der Waals surface area contributed by atoms with Gasteiger partial charge in [-0.15, -0.1) is 0 Å². The molecule has 4 rings (SSSR count). The molecule has 2 heterocycles. The van der Waals surface area contributed by atoms with Gasteiger partial charge in [0.15, 0.2) is 0 Å². The summed E-state index contributed by atoms with van der Waals surface area (Å²) in [5.41, 5.74) is 2.75. The molecule has 1 saturated heterocycles. The zero-order valence-corrected chi connectivity index (χ0v) is 17.9. The highest BCUT2D eigenvalue weighted by molar-refractivity contribution is 6.45. The number of aryl methyl sites for hydroxylation is 1. The Morgan fingerprint density at radius 3 is 2.40 bits per heavy atom. The minimum Gasteiger partial charge on any atom is -0.481 e. The van der Waals surface area contributed by atoms with Crippen LogP contribution in [0.1, 0.15) is 40.0 Å². The summed E-state index contributed by atoms with van der Waals surface area (Å²) < 4.78 is 5.41. The molecule has 30 heavy (non-hydrogen) atoms. The van der Waals surface area contributed by atoms with Crippen molar-refractivity contribution in [2.45, 2.75) is 25.3 Å². The predicted molar refractivity (Wildman–Crippen MR) is 116 cm³/mol. The summed E-state index contributed by atoms with van der Waals surface area (Å²) in [5, 5.41) is 13.8. The number of amides is 1. The summed E-state index contributed by atoms with van der Waals surface area (Å²) in [6, 6.07) is 10.7. The van der Waals surface area contributed by atoms with Crippen LogP contribution in [0.4, 0.5) is 0 Å². The number of H-pyrrole nitrogens is 1. The van der Waals surface area contributed by atoms with Crippen LogP contribution in [-0.4, -0.2) is 35.2 Å². The highest BCUT2D eigenvalue weighted by atomic mass is 35.5. The molecule has 0 spiro atoms. The number of ether oxygens (including phenoxy) is 1. The number of benzene rings is 2. The fraction of sp³-hybridized carbons (Fsp3) is 0.273. The Kier molecular flexibility index (Phi) is 5.26. The lowest BCUT2D eigenvalue weighted by Crippen LogP contribution is -2.59. The lowest BCUT2D eigenvalue weighted by atomic mass is 9.86. The SMILES string of the molecule is Cc1c(C(=O)NC2(c3ccc(C(C)C(=O)O)cc3)COC2)[nH]c2ccc(Cl)c(Cl)c12. The highest BCUT2D eigenvalue weighted by Crippen LogP contribution is 2.35. The van der Waals surface area contributed by atoms with Crippen LogP contribution in [0.3, 0.4) is 0 Å². The van der Waals surface area contributed by atoms with Crippen LogP contribution >= 0.6 is 23.2 Å². The molecule has 3 aromatic rings. The van der Waals surface area contributed by atoms with Crippen LogP contribution < -0.4 is 5.32 Å². The first kappa shape index (κ1) is 20.7. The third kappa shape index (κ3) is 3.35. The normalized spacial score (nSPS) is 16.1. The molecule has 1 aromatic heterocycles. The Labute approximate surface area is 183 Å². The topological polar surface area (TPSA) is 91.4 Å². The maximum Gasteiger partial charge on any atom is 0.310 e. The average Bonchev–Trinajstić information content (AvgIpc) is 3.04. The molecular formula is C22H20Cl2N2O4. The fourth-order valence-corrected chi connectivity index (χ4v) is 4.20. The Balaban J connectivity index is 1.63. The van der Waals surface area contributed by atoms with Crippen molar-refractivity contribution in [3.8, 4) is 0 Å². The first-order chi connectivity index (χ1) is 14.2. The van der Waals surface area contributed by atoms with Crippen molar-refractivity contribution in [3.63, 3.8) is 0 Å². The van der Waals surface area contributed by atoms with Gasteiger partial charge in [-0.1, -0.05) is 47.5 Å². The molecule has 3 N–H and O–H groups in total. The van der Waals surface area contributed by atoms with Crippen molar-refractivity contribution in [1.82, 2.24) is 10.3 Å². The molecule has 156 valence electrons. The molecular weight excluding hydrogens is 427 g/mol. The number of nitrogens with one attached hydrogen (secondary N) is 2. The largest absolute Gasteiger partial charge is 0.481 e. The van der Waals surface area contributed by atoms with E-state index >= 15 is 0 Å². The maximum atomic E-state index is 13.1. The number of carboxylic acid groups (broad SMARTS) is 1. The van der Waals surface area contributed by atoms with Crippen molar-refractivity contribution < 1.29 is 19.4 Å². The molecule has 6 nitrogen and oxygen atoms in total. The summed E-state index contributed by atoms with van der Waals surface area (Å²) in [6.45, 7) is 4.12. The number of fused-ring (bicyclic) bond motifs is 1. The zero-order valence-electron chi connectivity index (χ0n) is 16.4. The predicted octanol–water partition coefficient (Wildman–Crippen LogP) is 4.63. The summed E-state index contributed by atoms with van der Waals surface area (Å²) in [4.78, 5) is 27.5. The second-order valence-electron chi connectivity index (χ2n) is 7.62. The minimum absolute atomic E-state index is 0.276. The summed E-state index contributed by atoms with van der Waals surface area (Å²) >= 11 is 12.5. The number of carbonyl (C=O) groups is 2. The second kappa shape index (κ2) is 7.61. The monoisotopic (exact) mass is 446 g/mol. The lowest BCUT2D eigenvalue weighted by molar-refractivity contribution is -0.138. The van der Waals surface area contributed by atoms with Crippen molar-refractivity contribution in [2.75, 3.05) is 13.2 Å². The number of aromatic nitrogens is 1. The van der Waals surface area contributed by atoms with Crippen molar-refractivity contribution in [2.24, 2.45) is 0 Å². The molecule has 1 aliphatic rings. The number of hydrogen-bond acceptors (Lipinski definition) is 3. The van der Waals surface area contributed by atoms with Gasteiger partial charge in [-0.25, -0.2) is 0 Å².